The minimum absolute atomic E-state index is 0. The van der Waals surface area contributed by atoms with Crippen LogP contribution in [0.3, 0.4) is 0 Å². The van der Waals surface area contributed by atoms with Crippen LogP contribution in [0.25, 0.3) is 0 Å². The van der Waals surface area contributed by atoms with Gasteiger partial charge in [0.25, 0.3) is 0 Å². The van der Waals surface area contributed by atoms with E-state index in [1.807, 2.05) is 6.07 Å². The molecule has 1 atom stereocenters. The molecule has 0 aliphatic carbocycles. The third-order valence-corrected chi connectivity index (χ3v) is 4.22. The average molecular weight is 345 g/mol. The van der Waals surface area contributed by atoms with Gasteiger partial charge in [0.05, 0.1) is 21.3 Å². The lowest BCUT2D eigenvalue weighted by Crippen LogP contribution is -2.37. The van der Waals surface area contributed by atoms with Gasteiger partial charge in [-0.25, -0.2) is 0 Å². The Morgan fingerprint density at radius 3 is 2.39 bits per heavy atom. The maximum atomic E-state index is 5.60. The fraction of sp³-hybridized carbons (Fsp3) is 0.647. The number of rotatable bonds is 8. The number of ether oxygens (including phenoxy) is 3. The molecular weight excluding hydrogens is 316 g/mol. The molecule has 6 heteroatoms. The highest BCUT2D eigenvalue weighted by atomic mass is 35.5. The van der Waals surface area contributed by atoms with Crippen molar-refractivity contribution in [1.82, 2.24) is 10.2 Å². The topological polar surface area (TPSA) is 43.0 Å². The molecular formula is C17H29ClN2O3. The molecule has 0 amide bonds. The summed E-state index contributed by atoms with van der Waals surface area (Å²) in [5.41, 5.74) is 1.14. The Morgan fingerprint density at radius 2 is 1.87 bits per heavy atom. The van der Waals surface area contributed by atoms with Crippen LogP contribution < -0.4 is 19.5 Å². The Kier molecular flexibility index (Phi) is 8.52. The zero-order chi connectivity index (χ0) is 15.9. The number of halogens is 1. The van der Waals surface area contributed by atoms with Gasteiger partial charge >= 0.3 is 0 Å². The van der Waals surface area contributed by atoms with E-state index >= 15 is 0 Å². The van der Waals surface area contributed by atoms with Crippen molar-refractivity contribution < 1.29 is 14.2 Å². The largest absolute Gasteiger partial charge is 0.493 e. The molecule has 2 rings (SSSR count). The lowest BCUT2D eigenvalue weighted by Gasteiger charge is -2.29. The summed E-state index contributed by atoms with van der Waals surface area (Å²) < 4.78 is 16.4. The molecule has 1 unspecified atom stereocenters. The molecule has 0 bridgehead atoms. The average Bonchev–Trinajstić information content (AvgIpc) is 3.08. The molecule has 23 heavy (non-hydrogen) atoms. The fourth-order valence-electron chi connectivity index (χ4n) is 3.14. The lowest BCUT2D eigenvalue weighted by atomic mass is 10.1. The Morgan fingerprint density at radius 1 is 1.13 bits per heavy atom. The summed E-state index contributed by atoms with van der Waals surface area (Å²) in [6.45, 7) is 6.35. The van der Waals surface area contributed by atoms with E-state index < -0.39 is 0 Å². The van der Waals surface area contributed by atoms with E-state index in [1.165, 1.54) is 6.42 Å². The van der Waals surface area contributed by atoms with E-state index in [4.69, 9.17) is 14.2 Å². The molecule has 132 valence electrons. The van der Waals surface area contributed by atoms with Gasteiger partial charge in [-0.3, -0.25) is 4.90 Å². The fourth-order valence-corrected chi connectivity index (χ4v) is 3.14. The first-order valence-corrected chi connectivity index (χ1v) is 7.97. The summed E-state index contributed by atoms with van der Waals surface area (Å²) in [6.07, 6.45) is 2.35. The van der Waals surface area contributed by atoms with E-state index in [1.54, 1.807) is 21.3 Å². The maximum Gasteiger partial charge on any atom is 0.203 e. The van der Waals surface area contributed by atoms with Crippen LogP contribution in [0.5, 0.6) is 17.2 Å². The van der Waals surface area contributed by atoms with Gasteiger partial charge in [0.2, 0.25) is 5.75 Å². The SMILES string of the molecule is CCCN(Cc1ccc(OC)c(OC)c1OC)C1CCNC1.Cl. The Hall–Kier alpha value is -1.17. The minimum Gasteiger partial charge on any atom is -0.493 e. The molecule has 1 saturated heterocycles. The second-order valence-electron chi connectivity index (χ2n) is 5.61. The summed E-state index contributed by atoms with van der Waals surface area (Å²) in [4.78, 5) is 2.53. The molecule has 0 saturated carbocycles. The molecule has 1 aromatic carbocycles. The van der Waals surface area contributed by atoms with Crippen LogP contribution >= 0.6 is 12.4 Å². The lowest BCUT2D eigenvalue weighted by molar-refractivity contribution is 0.196. The molecule has 1 aliphatic rings. The van der Waals surface area contributed by atoms with Crippen LogP contribution in [0.15, 0.2) is 12.1 Å². The Balaban J connectivity index is 0.00000264. The number of benzene rings is 1. The van der Waals surface area contributed by atoms with Crippen molar-refractivity contribution in [2.45, 2.75) is 32.4 Å². The van der Waals surface area contributed by atoms with Crippen LogP contribution in [-0.4, -0.2) is 51.9 Å². The third kappa shape index (κ3) is 4.66. The van der Waals surface area contributed by atoms with Crippen molar-refractivity contribution in [3.8, 4) is 17.2 Å². The highest BCUT2D eigenvalue weighted by Crippen LogP contribution is 2.40. The van der Waals surface area contributed by atoms with Gasteiger partial charge in [0.15, 0.2) is 11.5 Å². The zero-order valence-corrected chi connectivity index (χ0v) is 15.4. The van der Waals surface area contributed by atoms with E-state index in [-0.39, 0.29) is 12.4 Å². The van der Waals surface area contributed by atoms with Gasteiger partial charge in [-0.2, -0.15) is 0 Å². The minimum atomic E-state index is 0. The second-order valence-corrected chi connectivity index (χ2v) is 5.61. The number of nitrogens with one attached hydrogen (secondary N) is 1. The van der Waals surface area contributed by atoms with E-state index in [2.05, 4.69) is 23.2 Å². The van der Waals surface area contributed by atoms with Crippen molar-refractivity contribution in [1.29, 1.82) is 0 Å². The van der Waals surface area contributed by atoms with Crippen molar-refractivity contribution in [2.75, 3.05) is 41.0 Å². The van der Waals surface area contributed by atoms with Crippen LogP contribution in [0.1, 0.15) is 25.3 Å². The highest BCUT2D eigenvalue weighted by molar-refractivity contribution is 5.85. The van der Waals surface area contributed by atoms with Crippen molar-refractivity contribution in [3.05, 3.63) is 17.7 Å². The Labute approximate surface area is 145 Å². The smallest absolute Gasteiger partial charge is 0.203 e. The Bertz CT molecular complexity index is 479. The van der Waals surface area contributed by atoms with Gasteiger partial charge in [0, 0.05) is 24.7 Å². The van der Waals surface area contributed by atoms with Gasteiger partial charge < -0.3 is 19.5 Å². The number of hydrogen-bond donors (Lipinski definition) is 1. The molecule has 1 fully saturated rings. The number of hydrogen-bond acceptors (Lipinski definition) is 5. The number of methoxy groups -OCH3 is 3. The standard InChI is InChI=1S/C17H28N2O3.ClH/c1-5-10-19(14-8-9-18-11-14)12-13-6-7-15(20-2)17(22-4)16(13)21-3;/h6-7,14,18H,5,8-12H2,1-4H3;1H. The van der Waals surface area contributed by atoms with Crippen LogP contribution in [0, 0.1) is 0 Å². The van der Waals surface area contributed by atoms with Gasteiger partial charge in [-0.05, 0) is 32.0 Å². The van der Waals surface area contributed by atoms with Crippen LogP contribution in [0.2, 0.25) is 0 Å². The van der Waals surface area contributed by atoms with Gasteiger partial charge in [-0.15, -0.1) is 12.4 Å². The monoisotopic (exact) mass is 344 g/mol. The van der Waals surface area contributed by atoms with E-state index in [0.717, 1.165) is 43.9 Å². The second kappa shape index (κ2) is 9.85. The van der Waals surface area contributed by atoms with Gasteiger partial charge in [-0.1, -0.05) is 13.0 Å². The van der Waals surface area contributed by atoms with Gasteiger partial charge in [0.1, 0.15) is 0 Å². The first kappa shape index (κ1) is 19.9. The van der Waals surface area contributed by atoms with Crippen molar-refractivity contribution in [3.63, 3.8) is 0 Å². The summed E-state index contributed by atoms with van der Waals surface area (Å²) in [6, 6.07) is 4.62. The quantitative estimate of drug-likeness (QED) is 0.785. The van der Waals surface area contributed by atoms with Crippen molar-refractivity contribution >= 4 is 12.4 Å². The van der Waals surface area contributed by atoms with Crippen LogP contribution in [0.4, 0.5) is 0 Å². The predicted octanol–water partition coefficient (Wildman–Crippen LogP) is 2.71. The number of nitrogens with zero attached hydrogens (tertiary/aromatic N) is 1. The molecule has 1 N–H and O–H groups in total. The van der Waals surface area contributed by atoms with Crippen molar-refractivity contribution in [2.24, 2.45) is 0 Å². The molecule has 0 radical (unpaired) electrons. The normalized spacial score (nSPS) is 17.0. The third-order valence-electron chi connectivity index (χ3n) is 4.22. The summed E-state index contributed by atoms with van der Waals surface area (Å²) in [5, 5.41) is 3.45. The van der Waals surface area contributed by atoms with E-state index in [0.29, 0.717) is 17.5 Å². The summed E-state index contributed by atoms with van der Waals surface area (Å²) >= 11 is 0. The molecule has 0 spiro atoms. The molecule has 5 nitrogen and oxygen atoms in total. The highest BCUT2D eigenvalue weighted by Gasteiger charge is 2.24. The first-order valence-electron chi connectivity index (χ1n) is 7.97. The maximum absolute atomic E-state index is 5.60. The molecule has 1 aromatic rings. The predicted molar refractivity (Wildman–Crippen MR) is 95.3 cm³/mol. The van der Waals surface area contributed by atoms with Crippen LogP contribution in [-0.2, 0) is 6.54 Å². The molecule has 0 aromatic heterocycles. The molecule has 1 heterocycles. The first-order chi connectivity index (χ1) is 10.7. The van der Waals surface area contributed by atoms with E-state index in [9.17, 15) is 0 Å². The summed E-state index contributed by atoms with van der Waals surface area (Å²) in [5.74, 6) is 2.14. The summed E-state index contributed by atoms with van der Waals surface area (Å²) in [7, 11) is 4.97. The zero-order valence-electron chi connectivity index (χ0n) is 14.6. The molecule has 1 aliphatic heterocycles.